The molecule has 2 rings (SSSR count). The highest BCUT2D eigenvalue weighted by Crippen LogP contribution is 2.25. The van der Waals surface area contributed by atoms with Gasteiger partial charge in [0.05, 0.1) is 0 Å². The zero-order valence-electron chi connectivity index (χ0n) is 7.94. The maximum absolute atomic E-state index is 11.0. The van der Waals surface area contributed by atoms with E-state index in [-0.39, 0.29) is 12.1 Å². The van der Waals surface area contributed by atoms with E-state index in [1.165, 1.54) is 0 Å². The summed E-state index contributed by atoms with van der Waals surface area (Å²) in [5, 5.41) is 9.09. The van der Waals surface area contributed by atoms with E-state index in [0.29, 0.717) is 0 Å². The Kier molecular flexibility index (Phi) is 2.26. The van der Waals surface area contributed by atoms with Crippen LogP contribution in [0.15, 0.2) is 0 Å². The number of nitrogens with zero attached hydrogens (tertiary/aromatic N) is 2. The number of carbonyl (C=O) groups is 1. The van der Waals surface area contributed by atoms with E-state index in [2.05, 4.69) is 4.90 Å². The first-order chi connectivity index (χ1) is 6.20. The Hall–Kier alpha value is -0.610. The average Bonchev–Trinajstić information content (AvgIpc) is 2.50. The summed E-state index contributed by atoms with van der Waals surface area (Å²) in [6.07, 6.45) is 2.20. The Balaban J connectivity index is 2.15. The number of piperazine rings is 1. The van der Waals surface area contributed by atoms with Crippen LogP contribution < -0.4 is 0 Å². The first-order valence-corrected chi connectivity index (χ1v) is 4.87. The third-order valence-corrected chi connectivity index (χ3v) is 3.25. The smallest absolute Gasteiger partial charge is 0.322 e. The lowest BCUT2D eigenvalue weighted by atomic mass is 10.0. The summed E-state index contributed by atoms with van der Waals surface area (Å²) < 4.78 is 0. The van der Waals surface area contributed by atoms with Crippen LogP contribution in [0.25, 0.3) is 0 Å². The normalized spacial score (nSPS) is 36.1. The molecule has 0 saturated carbocycles. The Morgan fingerprint density at radius 2 is 2.15 bits per heavy atom. The van der Waals surface area contributed by atoms with Crippen molar-refractivity contribution in [1.29, 1.82) is 0 Å². The molecule has 2 fully saturated rings. The van der Waals surface area contributed by atoms with Crippen molar-refractivity contribution >= 4 is 5.97 Å². The molecule has 74 valence electrons. The van der Waals surface area contributed by atoms with Crippen LogP contribution in [-0.2, 0) is 4.79 Å². The predicted octanol–water partition coefficient (Wildman–Crippen LogP) is -0.151. The van der Waals surface area contributed by atoms with Crippen LogP contribution in [0.5, 0.6) is 0 Å². The third-order valence-electron chi connectivity index (χ3n) is 3.25. The van der Waals surface area contributed by atoms with Gasteiger partial charge in [-0.1, -0.05) is 0 Å². The summed E-state index contributed by atoms with van der Waals surface area (Å²) in [6.45, 7) is 3.00. The van der Waals surface area contributed by atoms with Crippen molar-refractivity contribution in [1.82, 2.24) is 9.80 Å². The van der Waals surface area contributed by atoms with Crippen molar-refractivity contribution in [2.24, 2.45) is 0 Å². The zero-order chi connectivity index (χ0) is 9.42. The Morgan fingerprint density at radius 1 is 1.38 bits per heavy atom. The second kappa shape index (κ2) is 3.27. The molecule has 0 amide bonds. The molecule has 1 N–H and O–H groups in total. The van der Waals surface area contributed by atoms with E-state index in [1.807, 2.05) is 11.9 Å². The Labute approximate surface area is 78.1 Å². The molecule has 2 unspecified atom stereocenters. The highest BCUT2D eigenvalue weighted by Gasteiger charge is 2.41. The molecule has 2 aliphatic heterocycles. The number of likely N-dealkylation sites (N-methyl/N-ethyl adjacent to an activating group) is 1. The molecule has 0 aliphatic carbocycles. The van der Waals surface area contributed by atoms with Gasteiger partial charge in [0.2, 0.25) is 0 Å². The van der Waals surface area contributed by atoms with Gasteiger partial charge in [-0.15, -0.1) is 0 Å². The fourth-order valence-corrected chi connectivity index (χ4v) is 2.56. The zero-order valence-corrected chi connectivity index (χ0v) is 7.94. The summed E-state index contributed by atoms with van der Waals surface area (Å²) in [6, 6.07) is -0.0208. The highest BCUT2D eigenvalue weighted by atomic mass is 16.4. The molecule has 2 aliphatic rings. The summed E-state index contributed by atoms with van der Waals surface area (Å²) in [5.41, 5.74) is 0. The molecule has 2 heterocycles. The largest absolute Gasteiger partial charge is 0.480 e. The first kappa shape index (κ1) is 8.97. The maximum atomic E-state index is 11.0. The second-order valence-corrected chi connectivity index (χ2v) is 4.01. The molecule has 0 aromatic carbocycles. The molecule has 0 bridgehead atoms. The Bertz CT molecular complexity index is 220. The molecule has 4 nitrogen and oxygen atoms in total. The van der Waals surface area contributed by atoms with Gasteiger partial charge in [0, 0.05) is 19.1 Å². The quantitative estimate of drug-likeness (QED) is 0.615. The molecule has 0 radical (unpaired) electrons. The van der Waals surface area contributed by atoms with E-state index in [0.717, 1.165) is 32.5 Å². The van der Waals surface area contributed by atoms with Gasteiger partial charge in [-0.25, -0.2) is 0 Å². The Morgan fingerprint density at radius 3 is 2.85 bits per heavy atom. The van der Waals surface area contributed by atoms with Crippen LogP contribution >= 0.6 is 0 Å². The molecule has 0 spiro atoms. The minimum Gasteiger partial charge on any atom is -0.480 e. The molecule has 0 aromatic rings. The number of carboxylic acids is 1. The number of fused-ring (bicyclic) bond motifs is 1. The fraction of sp³-hybridized carbons (Fsp3) is 0.889. The van der Waals surface area contributed by atoms with Crippen molar-refractivity contribution in [3.05, 3.63) is 0 Å². The number of rotatable bonds is 1. The lowest BCUT2D eigenvalue weighted by molar-refractivity contribution is -0.147. The van der Waals surface area contributed by atoms with Crippen LogP contribution in [0.3, 0.4) is 0 Å². The number of carboxylic acid groups (broad SMARTS) is 1. The highest BCUT2D eigenvalue weighted by molar-refractivity contribution is 5.74. The van der Waals surface area contributed by atoms with Gasteiger partial charge in [-0.2, -0.15) is 0 Å². The van der Waals surface area contributed by atoms with Gasteiger partial charge in [0.25, 0.3) is 0 Å². The monoisotopic (exact) mass is 184 g/mol. The van der Waals surface area contributed by atoms with Gasteiger partial charge in [-0.3, -0.25) is 14.6 Å². The van der Waals surface area contributed by atoms with Crippen molar-refractivity contribution in [3.8, 4) is 0 Å². The predicted molar refractivity (Wildman–Crippen MR) is 48.6 cm³/mol. The van der Waals surface area contributed by atoms with Gasteiger partial charge in [-0.05, 0) is 26.4 Å². The second-order valence-electron chi connectivity index (χ2n) is 4.01. The van der Waals surface area contributed by atoms with Gasteiger partial charge in [0.1, 0.15) is 6.04 Å². The van der Waals surface area contributed by atoms with Crippen LogP contribution in [-0.4, -0.2) is 59.6 Å². The summed E-state index contributed by atoms with van der Waals surface area (Å²) in [5.74, 6) is -0.667. The molecular formula is C9H16N2O2. The van der Waals surface area contributed by atoms with Gasteiger partial charge >= 0.3 is 5.97 Å². The first-order valence-electron chi connectivity index (χ1n) is 4.87. The molecule has 13 heavy (non-hydrogen) atoms. The van der Waals surface area contributed by atoms with Crippen molar-refractivity contribution in [2.45, 2.75) is 24.9 Å². The molecular weight excluding hydrogens is 168 g/mol. The van der Waals surface area contributed by atoms with Crippen LogP contribution in [0.2, 0.25) is 0 Å². The number of hydrogen-bond donors (Lipinski definition) is 1. The van der Waals surface area contributed by atoms with E-state index < -0.39 is 5.97 Å². The minimum absolute atomic E-state index is 0.260. The molecule has 0 aromatic heterocycles. The lowest BCUT2D eigenvalue weighted by Gasteiger charge is -2.40. The molecule has 4 heteroatoms. The van der Waals surface area contributed by atoms with Crippen molar-refractivity contribution in [2.75, 3.05) is 26.7 Å². The van der Waals surface area contributed by atoms with E-state index in [9.17, 15) is 4.79 Å². The topological polar surface area (TPSA) is 43.8 Å². The van der Waals surface area contributed by atoms with Crippen LogP contribution in [0, 0.1) is 0 Å². The van der Waals surface area contributed by atoms with E-state index in [4.69, 9.17) is 5.11 Å². The minimum atomic E-state index is -0.667. The van der Waals surface area contributed by atoms with Gasteiger partial charge in [0.15, 0.2) is 0 Å². The molecule has 2 saturated heterocycles. The third kappa shape index (κ3) is 1.44. The number of hydrogen-bond acceptors (Lipinski definition) is 3. The number of aliphatic carboxylic acids is 1. The summed E-state index contributed by atoms with van der Waals surface area (Å²) >= 11 is 0. The lowest BCUT2D eigenvalue weighted by Crippen LogP contribution is -2.58. The van der Waals surface area contributed by atoms with Crippen molar-refractivity contribution in [3.63, 3.8) is 0 Å². The SMILES string of the molecule is CN1CCN2CCCC2C1C(=O)O. The van der Waals surface area contributed by atoms with Gasteiger partial charge < -0.3 is 5.11 Å². The standard InChI is InChI=1S/C9H16N2O2/c1-10-5-6-11-4-2-3-7(11)8(10)9(12)13/h7-8H,2-6H2,1H3,(H,12,13). The summed E-state index contributed by atoms with van der Waals surface area (Å²) in [4.78, 5) is 15.3. The van der Waals surface area contributed by atoms with Crippen LogP contribution in [0.1, 0.15) is 12.8 Å². The summed E-state index contributed by atoms with van der Waals surface area (Å²) in [7, 11) is 1.91. The van der Waals surface area contributed by atoms with Crippen LogP contribution in [0.4, 0.5) is 0 Å². The fourth-order valence-electron chi connectivity index (χ4n) is 2.56. The average molecular weight is 184 g/mol. The van der Waals surface area contributed by atoms with Crippen molar-refractivity contribution < 1.29 is 9.90 Å². The van der Waals surface area contributed by atoms with E-state index >= 15 is 0 Å². The molecule has 2 atom stereocenters. The maximum Gasteiger partial charge on any atom is 0.322 e. The van der Waals surface area contributed by atoms with E-state index in [1.54, 1.807) is 0 Å².